The van der Waals surface area contributed by atoms with Gasteiger partial charge in [-0.1, -0.05) is 49.3 Å². The van der Waals surface area contributed by atoms with Crippen LogP contribution in [0.2, 0.25) is 0 Å². The minimum atomic E-state index is -0.182. The van der Waals surface area contributed by atoms with Crippen LogP contribution in [0.4, 0.5) is 0 Å². The van der Waals surface area contributed by atoms with E-state index in [1.165, 1.54) is 5.56 Å². The van der Waals surface area contributed by atoms with Crippen LogP contribution < -0.4 is 5.73 Å². The Labute approximate surface area is 107 Å². The van der Waals surface area contributed by atoms with Crippen molar-refractivity contribution in [2.75, 3.05) is 0 Å². The van der Waals surface area contributed by atoms with Crippen LogP contribution in [0.15, 0.2) is 34.9 Å². The molecule has 18 heavy (non-hydrogen) atoms. The molecule has 4 heteroatoms. The van der Waals surface area contributed by atoms with Crippen molar-refractivity contribution < 1.29 is 4.52 Å². The highest BCUT2D eigenvalue weighted by Gasteiger charge is 2.35. The van der Waals surface area contributed by atoms with E-state index < -0.39 is 0 Å². The van der Waals surface area contributed by atoms with Crippen molar-refractivity contribution in [1.29, 1.82) is 0 Å². The summed E-state index contributed by atoms with van der Waals surface area (Å²) in [4.78, 5) is 4.42. The number of nitrogens with zero attached hydrogens (tertiary/aromatic N) is 2. The molecule has 0 radical (unpaired) electrons. The van der Waals surface area contributed by atoms with Crippen LogP contribution in [0.1, 0.15) is 44.0 Å². The molecular weight excluding hydrogens is 226 g/mol. The molecule has 0 aliphatic rings. The van der Waals surface area contributed by atoms with Gasteiger partial charge in [0, 0.05) is 0 Å². The van der Waals surface area contributed by atoms with Crippen LogP contribution in [0.25, 0.3) is 0 Å². The van der Waals surface area contributed by atoms with Gasteiger partial charge in [0.25, 0.3) is 0 Å². The summed E-state index contributed by atoms with van der Waals surface area (Å²) < 4.78 is 5.16. The Morgan fingerprint density at radius 1 is 1.17 bits per heavy atom. The Bertz CT molecular complexity index is 489. The third-order valence-corrected chi connectivity index (χ3v) is 3.60. The zero-order valence-corrected chi connectivity index (χ0v) is 10.9. The van der Waals surface area contributed by atoms with Crippen molar-refractivity contribution >= 4 is 0 Å². The van der Waals surface area contributed by atoms with Crippen molar-refractivity contribution in [3.8, 4) is 0 Å². The predicted octanol–water partition coefficient (Wildman–Crippen LogP) is 2.63. The van der Waals surface area contributed by atoms with Gasteiger partial charge >= 0.3 is 0 Å². The van der Waals surface area contributed by atoms with Gasteiger partial charge in [-0.2, -0.15) is 4.98 Å². The highest BCUT2D eigenvalue weighted by atomic mass is 16.5. The van der Waals surface area contributed by atoms with Gasteiger partial charge in [-0.05, 0) is 18.4 Å². The number of rotatable bonds is 5. The first-order chi connectivity index (χ1) is 8.76. The largest absolute Gasteiger partial charge is 0.338 e. The molecule has 96 valence electrons. The first-order valence-electron chi connectivity index (χ1n) is 6.35. The molecule has 4 nitrogen and oxygen atoms in total. The number of hydrogen-bond donors (Lipinski definition) is 1. The molecule has 0 aliphatic carbocycles. The Balaban J connectivity index is 2.50. The summed E-state index contributed by atoms with van der Waals surface area (Å²) in [5.41, 5.74) is 6.57. The van der Waals surface area contributed by atoms with Gasteiger partial charge < -0.3 is 10.3 Å². The van der Waals surface area contributed by atoms with E-state index >= 15 is 0 Å². The molecule has 0 saturated carbocycles. The summed E-state index contributed by atoms with van der Waals surface area (Å²) in [5, 5.41) is 4.11. The molecule has 2 aromatic rings. The third-order valence-electron chi connectivity index (χ3n) is 3.60. The first-order valence-corrected chi connectivity index (χ1v) is 6.35. The van der Waals surface area contributed by atoms with E-state index in [-0.39, 0.29) is 12.0 Å². The van der Waals surface area contributed by atoms with Crippen LogP contribution in [0.3, 0.4) is 0 Å². The van der Waals surface area contributed by atoms with Gasteiger partial charge in [0.05, 0.1) is 12.0 Å². The number of aromatic nitrogens is 2. The fraction of sp³-hybridized carbons (Fsp3) is 0.429. The van der Waals surface area contributed by atoms with Crippen LogP contribution in [0, 0.1) is 0 Å². The summed E-state index contributed by atoms with van der Waals surface area (Å²) in [7, 11) is 0. The number of nitrogens with two attached hydrogens (primary N) is 1. The molecule has 2 rings (SSSR count). The second-order valence-electron chi connectivity index (χ2n) is 4.37. The molecule has 0 amide bonds. The second-order valence-corrected chi connectivity index (χ2v) is 4.37. The highest BCUT2D eigenvalue weighted by Crippen LogP contribution is 2.36. The van der Waals surface area contributed by atoms with E-state index in [0.717, 1.165) is 18.7 Å². The van der Waals surface area contributed by atoms with Crippen LogP contribution in [-0.4, -0.2) is 10.1 Å². The van der Waals surface area contributed by atoms with Gasteiger partial charge in [-0.25, -0.2) is 0 Å². The zero-order valence-electron chi connectivity index (χ0n) is 10.9. The molecule has 0 bridgehead atoms. The van der Waals surface area contributed by atoms with E-state index in [1.807, 2.05) is 18.2 Å². The fourth-order valence-electron chi connectivity index (χ4n) is 2.39. The maximum absolute atomic E-state index is 5.53. The SMILES string of the molecule is CCC(CC)(c1ccccc1)c1noc(CN)n1. The van der Waals surface area contributed by atoms with Crippen LogP contribution in [0.5, 0.6) is 0 Å². The molecule has 0 atom stereocenters. The summed E-state index contributed by atoms with van der Waals surface area (Å²) in [6.07, 6.45) is 1.86. The summed E-state index contributed by atoms with van der Waals surface area (Å²) in [5.74, 6) is 1.23. The zero-order chi connectivity index (χ0) is 13.0. The molecular formula is C14H19N3O. The molecule has 1 aromatic carbocycles. The topological polar surface area (TPSA) is 64.9 Å². The lowest BCUT2D eigenvalue weighted by Crippen LogP contribution is -2.27. The molecule has 0 fully saturated rings. The maximum Gasteiger partial charge on any atom is 0.240 e. The number of benzene rings is 1. The van der Waals surface area contributed by atoms with Crippen LogP contribution >= 0.6 is 0 Å². The van der Waals surface area contributed by atoms with Gasteiger partial charge in [0.1, 0.15) is 0 Å². The fourth-order valence-corrected chi connectivity index (χ4v) is 2.39. The summed E-state index contributed by atoms with van der Waals surface area (Å²) in [6.45, 7) is 4.58. The Kier molecular flexibility index (Phi) is 3.77. The van der Waals surface area contributed by atoms with Gasteiger partial charge in [-0.3, -0.25) is 0 Å². The summed E-state index contributed by atoms with van der Waals surface area (Å²) >= 11 is 0. The highest BCUT2D eigenvalue weighted by molar-refractivity contribution is 5.32. The van der Waals surface area contributed by atoms with E-state index in [0.29, 0.717) is 5.89 Å². The first kappa shape index (κ1) is 12.8. The second kappa shape index (κ2) is 5.31. The standard InChI is InChI=1S/C14H19N3O/c1-3-14(4-2,11-8-6-5-7-9-11)13-16-12(10-15)18-17-13/h5-9H,3-4,10,15H2,1-2H3. The van der Waals surface area contributed by atoms with Crippen molar-refractivity contribution in [3.63, 3.8) is 0 Å². The lowest BCUT2D eigenvalue weighted by molar-refractivity contribution is 0.354. The third kappa shape index (κ3) is 2.04. The molecule has 1 aromatic heterocycles. The van der Waals surface area contributed by atoms with Crippen molar-refractivity contribution in [1.82, 2.24) is 10.1 Å². The van der Waals surface area contributed by atoms with Crippen molar-refractivity contribution in [2.24, 2.45) is 5.73 Å². The van der Waals surface area contributed by atoms with E-state index in [2.05, 4.69) is 36.1 Å². The Morgan fingerprint density at radius 2 is 1.83 bits per heavy atom. The Morgan fingerprint density at radius 3 is 2.33 bits per heavy atom. The minimum Gasteiger partial charge on any atom is -0.338 e. The lowest BCUT2D eigenvalue weighted by atomic mass is 9.75. The average molecular weight is 245 g/mol. The lowest BCUT2D eigenvalue weighted by Gasteiger charge is -2.28. The van der Waals surface area contributed by atoms with E-state index in [4.69, 9.17) is 10.3 Å². The van der Waals surface area contributed by atoms with Crippen molar-refractivity contribution in [3.05, 3.63) is 47.6 Å². The van der Waals surface area contributed by atoms with E-state index in [1.54, 1.807) is 0 Å². The van der Waals surface area contributed by atoms with Gasteiger partial charge in [-0.15, -0.1) is 0 Å². The smallest absolute Gasteiger partial charge is 0.240 e. The van der Waals surface area contributed by atoms with Gasteiger partial charge in [0.2, 0.25) is 5.89 Å². The number of hydrogen-bond acceptors (Lipinski definition) is 4. The molecule has 0 unspecified atom stereocenters. The monoisotopic (exact) mass is 245 g/mol. The summed E-state index contributed by atoms with van der Waals surface area (Å²) in [6, 6.07) is 10.3. The Hall–Kier alpha value is -1.68. The maximum atomic E-state index is 5.53. The van der Waals surface area contributed by atoms with E-state index in [9.17, 15) is 0 Å². The minimum absolute atomic E-state index is 0.182. The predicted molar refractivity (Wildman–Crippen MR) is 70.0 cm³/mol. The average Bonchev–Trinajstić information content (AvgIpc) is 2.91. The normalized spacial score (nSPS) is 11.7. The van der Waals surface area contributed by atoms with Crippen molar-refractivity contribution in [2.45, 2.75) is 38.6 Å². The van der Waals surface area contributed by atoms with Gasteiger partial charge in [0.15, 0.2) is 5.82 Å². The molecule has 1 heterocycles. The quantitative estimate of drug-likeness (QED) is 0.879. The molecule has 0 aliphatic heterocycles. The molecule has 0 saturated heterocycles. The van der Waals surface area contributed by atoms with Crippen LogP contribution in [-0.2, 0) is 12.0 Å². The molecule has 0 spiro atoms. The molecule has 2 N–H and O–H groups in total.